The fraction of sp³-hybridized carbons (Fsp3) is 0.583. The summed E-state index contributed by atoms with van der Waals surface area (Å²) in [5, 5.41) is 3.30. The van der Waals surface area contributed by atoms with Gasteiger partial charge in [0.2, 0.25) is 0 Å². The summed E-state index contributed by atoms with van der Waals surface area (Å²) < 4.78 is 0. The smallest absolute Gasteiger partial charge is 0.264 e. The first kappa shape index (κ1) is 14.5. The Morgan fingerprint density at radius 3 is 2.76 bits per heavy atom. The summed E-state index contributed by atoms with van der Waals surface area (Å²) >= 11 is 1.61. The van der Waals surface area contributed by atoms with Gasteiger partial charge in [-0.15, -0.1) is 23.7 Å². The van der Waals surface area contributed by atoms with Crippen LogP contribution < -0.4 is 5.32 Å². The molecule has 1 atom stereocenters. The number of piperazine rings is 1. The van der Waals surface area contributed by atoms with Crippen molar-refractivity contribution in [3.63, 3.8) is 0 Å². The van der Waals surface area contributed by atoms with E-state index in [4.69, 9.17) is 0 Å². The highest BCUT2D eigenvalue weighted by atomic mass is 35.5. The summed E-state index contributed by atoms with van der Waals surface area (Å²) in [5.41, 5.74) is 1.22. The molecule has 1 N–H and O–H groups in total. The van der Waals surface area contributed by atoms with Crippen LogP contribution in [0.15, 0.2) is 6.07 Å². The van der Waals surface area contributed by atoms with Gasteiger partial charge in [0, 0.05) is 30.6 Å². The number of aryl methyl sites for hydroxylation is 2. The number of amides is 1. The molecule has 1 amide bonds. The first-order valence-electron chi connectivity index (χ1n) is 5.68. The van der Waals surface area contributed by atoms with Crippen LogP contribution in [0.25, 0.3) is 0 Å². The molecule has 1 aliphatic rings. The average Bonchev–Trinajstić information content (AvgIpc) is 2.59. The Kier molecular flexibility index (Phi) is 4.98. The molecule has 2 heterocycles. The zero-order chi connectivity index (χ0) is 11.7. The van der Waals surface area contributed by atoms with Crippen LogP contribution in [0.1, 0.15) is 27.0 Å². The molecule has 1 saturated heterocycles. The second kappa shape index (κ2) is 5.85. The monoisotopic (exact) mass is 274 g/mol. The molecule has 1 aromatic heterocycles. The van der Waals surface area contributed by atoms with E-state index in [9.17, 15) is 4.79 Å². The number of nitrogens with zero attached hydrogens (tertiary/aromatic N) is 1. The second-order valence-electron chi connectivity index (χ2n) is 4.40. The minimum atomic E-state index is 0. The molecule has 1 aromatic rings. The van der Waals surface area contributed by atoms with E-state index >= 15 is 0 Å². The summed E-state index contributed by atoms with van der Waals surface area (Å²) in [5.74, 6) is 0.190. The molecule has 0 aliphatic carbocycles. The lowest BCUT2D eigenvalue weighted by molar-refractivity contribution is 0.0661. The van der Waals surface area contributed by atoms with E-state index in [0.29, 0.717) is 6.04 Å². The summed E-state index contributed by atoms with van der Waals surface area (Å²) in [7, 11) is 0. The minimum absolute atomic E-state index is 0. The first-order valence-corrected chi connectivity index (χ1v) is 6.50. The normalized spacial score (nSPS) is 19.9. The highest BCUT2D eigenvalue weighted by Gasteiger charge is 2.25. The Bertz CT molecular complexity index is 386. The molecular weight excluding hydrogens is 256 g/mol. The number of carbonyl (C=O) groups excluding carboxylic acids is 1. The Balaban J connectivity index is 0.00000144. The second-order valence-corrected chi connectivity index (χ2v) is 5.66. The van der Waals surface area contributed by atoms with Gasteiger partial charge in [0.25, 0.3) is 5.91 Å². The number of nitrogens with one attached hydrogen (secondary N) is 1. The molecule has 5 heteroatoms. The molecule has 17 heavy (non-hydrogen) atoms. The van der Waals surface area contributed by atoms with Crippen molar-refractivity contribution in [3.8, 4) is 0 Å². The largest absolute Gasteiger partial charge is 0.333 e. The van der Waals surface area contributed by atoms with E-state index < -0.39 is 0 Å². The van der Waals surface area contributed by atoms with Gasteiger partial charge in [-0.3, -0.25) is 4.79 Å². The van der Waals surface area contributed by atoms with Crippen LogP contribution in [-0.2, 0) is 0 Å². The van der Waals surface area contributed by atoms with E-state index in [0.717, 1.165) is 24.5 Å². The lowest BCUT2D eigenvalue weighted by Crippen LogP contribution is -2.52. The van der Waals surface area contributed by atoms with Crippen molar-refractivity contribution in [2.45, 2.75) is 26.8 Å². The minimum Gasteiger partial charge on any atom is -0.333 e. The van der Waals surface area contributed by atoms with E-state index in [2.05, 4.69) is 26.1 Å². The van der Waals surface area contributed by atoms with Crippen molar-refractivity contribution >= 4 is 29.7 Å². The van der Waals surface area contributed by atoms with Gasteiger partial charge in [-0.1, -0.05) is 0 Å². The van der Waals surface area contributed by atoms with Crippen LogP contribution in [0.4, 0.5) is 0 Å². The Morgan fingerprint density at radius 2 is 2.24 bits per heavy atom. The van der Waals surface area contributed by atoms with Crippen LogP contribution in [0.3, 0.4) is 0 Å². The van der Waals surface area contributed by atoms with E-state index in [1.165, 1.54) is 10.4 Å². The maximum absolute atomic E-state index is 12.3. The van der Waals surface area contributed by atoms with Crippen molar-refractivity contribution in [2.75, 3.05) is 19.6 Å². The fourth-order valence-electron chi connectivity index (χ4n) is 1.96. The molecule has 1 fully saturated rings. The summed E-state index contributed by atoms with van der Waals surface area (Å²) in [6.07, 6.45) is 0. The van der Waals surface area contributed by atoms with Gasteiger partial charge in [0.15, 0.2) is 0 Å². The van der Waals surface area contributed by atoms with Crippen molar-refractivity contribution in [1.29, 1.82) is 0 Å². The first-order chi connectivity index (χ1) is 7.59. The zero-order valence-electron chi connectivity index (χ0n) is 10.4. The molecule has 96 valence electrons. The zero-order valence-corrected chi connectivity index (χ0v) is 12.1. The van der Waals surface area contributed by atoms with Gasteiger partial charge in [-0.05, 0) is 32.4 Å². The average molecular weight is 275 g/mol. The predicted octanol–water partition coefficient (Wildman–Crippen LogP) is 2.22. The number of carbonyl (C=O) groups is 1. The molecular formula is C12H19ClN2OS. The third-order valence-corrected chi connectivity index (χ3v) is 4.28. The molecule has 0 spiro atoms. The Morgan fingerprint density at radius 1 is 1.53 bits per heavy atom. The van der Waals surface area contributed by atoms with Crippen molar-refractivity contribution < 1.29 is 4.79 Å². The molecule has 0 aromatic carbocycles. The summed E-state index contributed by atoms with van der Waals surface area (Å²) in [6.45, 7) is 8.84. The standard InChI is InChI=1S/C12H18N2OS.ClH/c1-8-6-11(16-10(8)3)12(15)14-5-4-13-7-9(14)2;/h6,9,13H,4-5,7H2,1-3H3;1H/t9-;/m1./s1. The van der Waals surface area contributed by atoms with Crippen LogP contribution in [-0.4, -0.2) is 36.5 Å². The third-order valence-electron chi connectivity index (χ3n) is 3.14. The molecule has 0 unspecified atom stereocenters. The lowest BCUT2D eigenvalue weighted by atomic mass is 10.2. The molecule has 3 nitrogen and oxygen atoms in total. The maximum atomic E-state index is 12.3. The van der Waals surface area contributed by atoms with Gasteiger partial charge in [0.05, 0.1) is 4.88 Å². The molecule has 1 aliphatic heterocycles. The van der Waals surface area contributed by atoms with Crippen molar-refractivity contribution in [3.05, 3.63) is 21.4 Å². The topological polar surface area (TPSA) is 32.3 Å². The van der Waals surface area contributed by atoms with E-state index in [1.807, 2.05) is 11.0 Å². The van der Waals surface area contributed by atoms with E-state index in [-0.39, 0.29) is 18.3 Å². The van der Waals surface area contributed by atoms with Crippen molar-refractivity contribution in [2.24, 2.45) is 0 Å². The van der Waals surface area contributed by atoms with Crippen LogP contribution in [0.5, 0.6) is 0 Å². The van der Waals surface area contributed by atoms with Gasteiger partial charge in [0.1, 0.15) is 0 Å². The van der Waals surface area contributed by atoms with E-state index in [1.54, 1.807) is 11.3 Å². The summed E-state index contributed by atoms with van der Waals surface area (Å²) in [4.78, 5) is 16.4. The highest BCUT2D eigenvalue weighted by Crippen LogP contribution is 2.23. The fourth-order valence-corrected chi connectivity index (χ4v) is 2.95. The SMILES string of the molecule is Cc1cc(C(=O)N2CCNC[C@H]2C)sc1C.Cl. The third kappa shape index (κ3) is 3.00. The number of hydrogen-bond donors (Lipinski definition) is 1. The molecule has 2 rings (SSSR count). The molecule has 0 bridgehead atoms. The molecule has 0 saturated carbocycles. The van der Waals surface area contributed by atoms with Crippen molar-refractivity contribution in [1.82, 2.24) is 10.2 Å². The van der Waals surface area contributed by atoms with Gasteiger partial charge in [-0.25, -0.2) is 0 Å². The quantitative estimate of drug-likeness (QED) is 0.852. The number of thiophene rings is 1. The predicted molar refractivity (Wildman–Crippen MR) is 74.4 cm³/mol. The molecule has 0 radical (unpaired) electrons. The maximum Gasteiger partial charge on any atom is 0.264 e. The highest BCUT2D eigenvalue weighted by molar-refractivity contribution is 7.14. The number of rotatable bonds is 1. The van der Waals surface area contributed by atoms with Crippen LogP contribution >= 0.6 is 23.7 Å². The van der Waals surface area contributed by atoms with Gasteiger partial charge >= 0.3 is 0 Å². The van der Waals surface area contributed by atoms with Gasteiger partial charge < -0.3 is 10.2 Å². The van der Waals surface area contributed by atoms with Crippen LogP contribution in [0.2, 0.25) is 0 Å². The van der Waals surface area contributed by atoms with Crippen LogP contribution in [0, 0.1) is 13.8 Å². The Hall–Kier alpha value is -0.580. The van der Waals surface area contributed by atoms with Gasteiger partial charge in [-0.2, -0.15) is 0 Å². The number of hydrogen-bond acceptors (Lipinski definition) is 3. The lowest BCUT2D eigenvalue weighted by Gasteiger charge is -2.33. The number of halogens is 1. The Labute approximate surface area is 113 Å². The summed E-state index contributed by atoms with van der Waals surface area (Å²) in [6, 6.07) is 2.31.